The number of benzene rings is 1. The molecular weight excluding hydrogens is 356 g/mol. The minimum atomic E-state index is -0.364. The van der Waals surface area contributed by atoms with Gasteiger partial charge in [0, 0.05) is 18.3 Å². The molecule has 148 valence electrons. The van der Waals surface area contributed by atoms with Crippen LogP contribution in [0.25, 0.3) is 0 Å². The molecule has 0 fully saturated rings. The summed E-state index contributed by atoms with van der Waals surface area (Å²) in [6, 6.07) is 7.73. The highest BCUT2D eigenvalue weighted by atomic mass is 16.5. The molecule has 3 aromatic rings. The molecule has 0 aliphatic rings. The second-order valence-electron chi connectivity index (χ2n) is 6.95. The Balaban J connectivity index is 1.73. The van der Waals surface area contributed by atoms with Crippen LogP contribution in [-0.4, -0.2) is 20.8 Å². The van der Waals surface area contributed by atoms with E-state index in [9.17, 15) is 4.79 Å². The van der Waals surface area contributed by atoms with Gasteiger partial charge in [-0.2, -0.15) is 5.10 Å². The Morgan fingerprint density at radius 2 is 1.96 bits per heavy atom. The molecule has 0 aliphatic heterocycles. The van der Waals surface area contributed by atoms with Gasteiger partial charge in [0.2, 0.25) is 0 Å². The van der Waals surface area contributed by atoms with Crippen molar-refractivity contribution in [1.29, 1.82) is 0 Å². The van der Waals surface area contributed by atoms with E-state index in [2.05, 4.69) is 29.4 Å². The minimum Gasteiger partial charge on any atom is -0.489 e. The number of aromatic nitrogens is 3. The number of carbonyl (C=O) groups excluding carboxylic acids is 1. The number of carbonyl (C=O) groups is 1. The quantitative estimate of drug-likeness (QED) is 0.657. The van der Waals surface area contributed by atoms with Gasteiger partial charge in [-0.05, 0) is 57.4 Å². The molecule has 0 bridgehead atoms. The number of anilines is 1. The third kappa shape index (κ3) is 4.24. The molecule has 0 unspecified atom stereocenters. The lowest BCUT2D eigenvalue weighted by Crippen LogP contribution is -2.16. The van der Waals surface area contributed by atoms with Crippen LogP contribution in [0.1, 0.15) is 52.0 Å². The zero-order valence-electron chi connectivity index (χ0n) is 17.0. The molecular formula is C21H26N4O3. The number of hydrogen-bond donors (Lipinski definition) is 1. The molecule has 7 heteroatoms. The topological polar surface area (TPSA) is 82.2 Å². The first-order valence-electron chi connectivity index (χ1n) is 9.40. The van der Waals surface area contributed by atoms with Crippen molar-refractivity contribution >= 4 is 11.7 Å². The van der Waals surface area contributed by atoms with E-state index in [-0.39, 0.29) is 18.2 Å². The van der Waals surface area contributed by atoms with Crippen LogP contribution in [0.4, 0.5) is 5.82 Å². The summed E-state index contributed by atoms with van der Waals surface area (Å²) < 4.78 is 13.0. The summed E-state index contributed by atoms with van der Waals surface area (Å²) >= 11 is 0. The Hall–Kier alpha value is -3.09. The summed E-state index contributed by atoms with van der Waals surface area (Å²) in [5.41, 5.74) is 4.18. The number of nitrogens with zero attached hydrogens (tertiary/aromatic N) is 3. The monoisotopic (exact) mass is 382 g/mol. The number of nitrogens with one attached hydrogen (secondary N) is 1. The first kappa shape index (κ1) is 19.7. The highest BCUT2D eigenvalue weighted by molar-refractivity contribution is 6.03. The van der Waals surface area contributed by atoms with Crippen LogP contribution >= 0.6 is 0 Å². The van der Waals surface area contributed by atoms with Crippen LogP contribution < -0.4 is 10.1 Å². The normalized spacial score (nSPS) is 10.9. The second-order valence-corrected chi connectivity index (χ2v) is 6.95. The van der Waals surface area contributed by atoms with E-state index in [0.717, 1.165) is 30.0 Å². The predicted molar refractivity (Wildman–Crippen MR) is 107 cm³/mol. The molecule has 0 saturated heterocycles. The molecule has 1 aromatic carbocycles. The van der Waals surface area contributed by atoms with Gasteiger partial charge in [0.1, 0.15) is 18.1 Å². The molecule has 0 saturated carbocycles. The number of aryl methyl sites for hydroxylation is 5. The van der Waals surface area contributed by atoms with Crippen molar-refractivity contribution in [3.63, 3.8) is 0 Å². The summed E-state index contributed by atoms with van der Waals surface area (Å²) in [7, 11) is 0. The maximum atomic E-state index is 12.7. The Kier molecular flexibility index (Phi) is 5.82. The number of hydrogen-bond acceptors (Lipinski definition) is 5. The van der Waals surface area contributed by atoms with Gasteiger partial charge in [0.05, 0.1) is 5.56 Å². The lowest BCUT2D eigenvalue weighted by atomic mass is 10.1. The van der Waals surface area contributed by atoms with Crippen molar-refractivity contribution in [3.05, 3.63) is 58.1 Å². The largest absolute Gasteiger partial charge is 0.489 e. The van der Waals surface area contributed by atoms with Gasteiger partial charge in [0.15, 0.2) is 11.5 Å². The van der Waals surface area contributed by atoms with E-state index >= 15 is 0 Å². The molecule has 2 heterocycles. The number of rotatable bonds is 7. The molecule has 0 aliphatic carbocycles. The standard InChI is InChI=1S/C21H26N4O3/c1-6-9-25-15(4)11-19(23-25)22-21(26)20-18(16(5)28-24-20)12-27-17-8-7-13(2)14(3)10-17/h7-8,10-11H,6,9,12H2,1-5H3,(H,22,23,26). The fourth-order valence-electron chi connectivity index (χ4n) is 2.88. The number of ether oxygens (including phenoxy) is 1. The zero-order chi connectivity index (χ0) is 20.3. The maximum absolute atomic E-state index is 12.7. The van der Waals surface area contributed by atoms with Crippen molar-refractivity contribution in [2.24, 2.45) is 0 Å². The van der Waals surface area contributed by atoms with E-state index in [4.69, 9.17) is 9.26 Å². The average molecular weight is 382 g/mol. The van der Waals surface area contributed by atoms with Gasteiger partial charge in [-0.25, -0.2) is 0 Å². The smallest absolute Gasteiger partial charge is 0.279 e. The van der Waals surface area contributed by atoms with Crippen LogP contribution in [0.2, 0.25) is 0 Å². The molecule has 0 atom stereocenters. The summed E-state index contributed by atoms with van der Waals surface area (Å²) in [6.45, 7) is 10.9. The third-order valence-electron chi connectivity index (χ3n) is 4.72. The average Bonchev–Trinajstić information content (AvgIpc) is 3.19. The minimum absolute atomic E-state index is 0.198. The van der Waals surface area contributed by atoms with Gasteiger partial charge in [0.25, 0.3) is 5.91 Å². The fraction of sp³-hybridized carbons (Fsp3) is 0.381. The lowest BCUT2D eigenvalue weighted by Gasteiger charge is -2.08. The highest BCUT2D eigenvalue weighted by Crippen LogP contribution is 2.21. The Bertz CT molecular complexity index is 988. The molecule has 0 radical (unpaired) electrons. The Labute approximate surface area is 164 Å². The van der Waals surface area contributed by atoms with E-state index in [0.29, 0.717) is 17.1 Å². The molecule has 0 spiro atoms. The molecule has 3 rings (SSSR count). The number of amides is 1. The van der Waals surface area contributed by atoms with Crippen molar-refractivity contribution < 1.29 is 14.1 Å². The maximum Gasteiger partial charge on any atom is 0.279 e. The lowest BCUT2D eigenvalue weighted by molar-refractivity contribution is 0.101. The summed E-state index contributed by atoms with van der Waals surface area (Å²) in [4.78, 5) is 12.7. The SMILES string of the molecule is CCCn1nc(NC(=O)c2noc(C)c2COc2ccc(C)c(C)c2)cc1C. The Morgan fingerprint density at radius 1 is 1.18 bits per heavy atom. The van der Waals surface area contributed by atoms with Crippen molar-refractivity contribution in [1.82, 2.24) is 14.9 Å². The molecule has 1 amide bonds. The van der Waals surface area contributed by atoms with Gasteiger partial charge >= 0.3 is 0 Å². The van der Waals surface area contributed by atoms with Crippen LogP contribution in [0.3, 0.4) is 0 Å². The summed E-state index contributed by atoms with van der Waals surface area (Å²) in [5.74, 6) is 1.43. The van der Waals surface area contributed by atoms with E-state index in [1.54, 1.807) is 6.92 Å². The first-order chi connectivity index (χ1) is 13.4. The zero-order valence-corrected chi connectivity index (χ0v) is 17.0. The van der Waals surface area contributed by atoms with E-state index < -0.39 is 0 Å². The highest BCUT2D eigenvalue weighted by Gasteiger charge is 2.21. The van der Waals surface area contributed by atoms with Gasteiger partial charge < -0.3 is 14.6 Å². The van der Waals surface area contributed by atoms with Crippen molar-refractivity contribution in [3.8, 4) is 5.75 Å². The molecule has 2 aromatic heterocycles. The van der Waals surface area contributed by atoms with Crippen molar-refractivity contribution in [2.45, 2.75) is 54.2 Å². The molecule has 28 heavy (non-hydrogen) atoms. The molecule has 7 nitrogen and oxygen atoms in total. The second kappa shape index (κ2) is 8.29. The van der Waals surface area contributed by atoms with Gasteiger partial charge in [-0.3, -0.25) is 9.48 Å². The summed E-state index contributed by atoms with van der Waals surface area (Å²) in [5, 5.41) is 11.1. The Morgan fingerprint density at radius 3 is 2.68 bits per heavy atom. The van der Waals surface area contributed by atoms with Crippen LogP contribution in [0.15, 0.2) is 28.8 Å². The van der Waals surface area contributed by atoms with E-state index in [1.165, 1.54) is 5.56 Å². The third-order valence-corrected chi connectivity index (χ3v) is 4.72. The fourth-order valence-corrected chi connectivity index (χ4v) is 2.88. The summed E-state index contributed by atoms with van der Waals surface area (Å²) in [6.07, 6.45) is 0.971. The predicted octanol–water partition coefficient (Wildman–Crippen LogP) is 4.35. The van der Waals surface area contributed by atoms with Gasteiger partial charge in [-0.1, -0.05) is 18.1 Å². The van der Waals surface area contributed by atoms with Crippen LogP contribution in [-0.2, 0) is 13.2 Å². The van der Waals surface area contributed by atoms with Crippen LogP contribution in [0, 0.1) is 27.7 Å². The van der Waals surface area contributed by atoms with Crippen LogP contribution in [0.5, 0.6) is 5.75 Å². The van der Waals surface area contributed by atoms with E-state index in [1.807, 2.05) is 42.8 Å². The molecule has 1 N–H and O–H groups in total. The van der Waals surface area contributed by atoms with Gasteiger partial charge in [-0.15, -0.1) is 0 Å². The van der Waals surface area contributed by atoms with Crippen molar-refractivity contribution in [2.75, 3.05) is 5.32 Å². The first-order valence-corrected chi connectivity index (χ1v) is 9.40.